The molecule has 1 N–H and O–H groups in total. The maximum atomic E-state index is 11.0. The molecule has 0 saturated heterocycles. The maximum absolute atomic E-state index is 11.0. The second-order valence-corrected chi connectivity index (χ2v) is 5.16. The number of carboxylic acid groups (broad SMARTS) is 1. The van der Waals surface area contributed by atoms with E-state index in [1.807, 2.05) is 4.68 Å². The van der Waals surface area contributed by atoms with Crippen molar-refractivity contribution < 1.29 is 9.90 Å². The zero-order valence-corrected chi connectivity index (χ0v) is 9.09. The van der Waals surface area contributed by atoms with Gasteiger partial charge in [0.2, 0.25) is 0 Å². The Morgan fingerprint density at radius 2 is 2.33 bits per heavy atom. The summed E-state index contributed by atoms with van der Waals surface area (Å²) in [7, 11) is 0. The molecular formula is C10H12N2O2S. The van der Waals surface area contributed by atoms with Gasteiger partial charge in [0.25, 0.3) is 0 Å². The zero-order valence-electron chi connectivity index (χ0n) is 8.27. The number of thioether (sulfide) groups is 1. The second-order valence-electron chi connectivity index (χ2n) is 4.06. The monoisotopic (exact) mass is 224 g/mol. The van der Waals surface area contributed by atoms with Crippen LogP contribution in [0, 0.1) is 0 Å². The number of rotatable bonds is 2. The van der Waals surface area contributed by atoms with Gasteiger partial charge in [0, 0.05) is 17.0 Å². The topological polar surface area (TPSA) is 55.1 Å². The first-order valence-electron chi connectivity index (χ1n) is 5.18. The molecule has 1 aliphatic carbocycles. The predicted molar refractivity (Wildman–Crippen MR) is 57.3 cm³/mol. The third-order valence-corrected chi connectivity index (χ3v) is 3.93. The molecule has 0 unspecified atom stereocenters. The van der Waals surface area contributed by atoms with Crippen LogP contribution in [-0.2, 0) is 12.2 Å². The van der Waals surface area contributed by atoms with Crippen LogP contribution in [0.15, 0.2) is 0 Å². The summed E-state index contributed by atoms with van der Waals surface area (Å²) in [6.07, 6.45) is 3.28. The Hall–Kier alpha value is -0.970. The lowest BCUT2D eigenvalue weighted by molar-refractivity contribution is 0.0688. The average molecular weight is 224 g/mol. The molecule has 0 amide bonds. The molecule has 2 heterocycles. The molecule has 3 rings (SSSR count). The molecule has 1 fully saturated rings. The molecule has 5 heteroatoms. The van der Waals surface area contributed by atoms with Gasteiger partial charge in [-0.1, -0.05) is 0 Å². The molecule has 1 aromatic heterocycles. The summed E-state index contributed by atoms with van der Waals surface area (Å²) < 4.78 is 1.97. The van der Waals surface area contributed by atoms with Crippen LogP contribution in [-0.4, -0.2) is 26.6 Å². The number of nitrogens with zero attached hydrogens (tertiary/aromatic N) is 2. The van der Waals surface area contributed by atoms with Crippen molar-refractivity contribution in [2.75, 3.05) is 5.75 Å². The van der Waals surface area contributed by atoms with Gasteiger partial charge in [-0.2, -0.15) is 16.9 Å². The Bertz CT molecular complexity index is 423. The van der Waals surface area contributed by atoms with Crippen molar-refractivity contribution in [1.82, 2.24) is 9.78 Å². The summed E-state index contributed by atoms with van der Waals surface area (Å²) >= 11 is 1.80. The van der Waals surface area contributed by atoms with Gasteiger partial charge in [-0.3, -0.25) is 4.68 Å². The van der Waals surface area contributed by atoms with Crippen molar-refractivity contribution in [1.29, 1.82) is 0 Å². The molecule has 0 aromatic carbocycles. The molecule has 0 bridgehead atoms. The Morgan fingerprint density at radius 1 is 1.53 bits per heavy atom. The highest BCUT2D eigenvalue weighted by Crippen LogP contribution is 2.39. The lowest BCUT2D eigenvalue weighted by Gasteiger charge is -2.13. The number of aromatic nitrogens is 2. The Morgan fingerprint density at radius 3 is 3.00 bits per heavy atom. The number of fused-ring (bicyclic) bond motifs is 1. The minimum absolute atomic E-state index is 0.282. The lowest BCUT2D eigenvalue weighted by atomic mass is 10.1. The molecule has 0 spiro atoms. The van der Waals surface area contributed by atoms with E-state index in [-0.39, 0.29) is 5.69 Å². The Balaban J connectivity index is 2.11. The van der Waals surface area contributed by atoms with E-state index < -0.39 is 5.97 Å². The van der Waals surface area contributed by atoms with Gasteiger partial charge >= 0.3 is 5.97 Å². The third-order valence-electron chi connectivity index (χ3n) is 2.94. The van der Waals surface area contributed by atoms with Crippen LogP contribution >= 0.6 is 11.8 Å². The van der Waals surface area contributed by atoms with Gasteiger partial charge in [0.15, 0.2) is 5.69 Å². The van der Waals surface area contributed by atoms with Gasteiger partial charge in [0.1, 0.15) is 0 Å². The molecule has 4 nitrogen and oxygen atoms in total. The Kier molecular flexibility index (Phi) is 2.02. The molecule has 0 atom stereocenters. The minimum atomic E-state index is -0.881. The largest absolute Gasteiger partial charge is 0.476 e. The summed E-state index contributed by atoms with van der Waals surface area (Å²) in [6, 6.07) is 0.481. The van der Waals surface area contributed by atoms with Crippen LogP contribution in [0.2, 0.25) is 0 Å². The molecule has 15 heavy (non-hydrogen) atoms. The fourth-order valence-corrected chi connectivity index (χ4v) is 3.05. The number of aromatic carboxylic acids is 1. The van der Waals surface area contributed by atoms with E-state index in [9.17, 15) is 4.79 Å². The molecule has 80 valence electrons. The van der Waals surface area contributed by atoms with Gasteiger partial charge in [-0.15, -0.1) is 0 Å². The van der Waals surface area contributed by atoms with Crippen LogP contribution in [0.4, 0.5) is 0 Å². The highest BCUT2D eigenvalue weighted by atomic mass is 32.2. The van der Waals surface area contributed by atoms with E-state index in [0.717, 1.165) is 36.3 Å². The maximum Gasteiger partial charge on any atom is 0.356 e. The molecular weight excluding hydrogens is 212 g/mol. The Labute approximate surface area is 91.7 Å². The van der Waals surface area contributed by atoms with Gasteiger partial charge in [0.05, 0.1) is 6.04 Å². The van der Waals surface area contributed by atoms with Crippen molar-refractivity contribution in [3.8, 4) is 0 Å². The van der Waals surface area contributed by atoms with E-state index in [1.165, 1.54) is 5.69 Å². The van der Waals surface area contributed by atoms with E-state index in [4.69, 9.17) is 5.11 Å². The summed E-state index contributed by atoms with van der Waals surface area (Å²) in [4.78, 5) is 11.0. The van der Waals surface area contributed by atoms with Crippen LogP contribution in [0.25, 0.3) is 0 Å². The van der Waals surface area contributed by atoms with Crippen LogP contribution in [0.3, 0.4) is 0 Å². The van der Waals surface area contributed by atoms with E-state index >= 15 is 0 Å². The zero-order chi connectivity index (χ0) is 10.4. The van der Waals surface area contributed by atoms with Crippen LogP contribution in [0.5, 0.6) is 0 Å². The highest BCUT2D eigenvalue weighted by Gasteiger charge is 2.32. The fraction of sp³-hybridized carbons (Fsp3) is 0.600. The normalized spacial score (nSPS) is 20.0. The van der Waals surface area contributed by atoms with Crippen molar-refractivity contribution in [3.05, 3.63) is 17.0 Å². The lowest BCUT2D eigenvalue weighted by Crippen LogP contribution is -2.08. The SMILES string of the molecule is O=C(O)c1nn(C2CC2)c2c1CSCC2. The summed E-state index contributed by atoms with van der Waals surface area (Å²) in [5, 5.41) is 13.3. The summed E-state index contributed by atoms with van der Waals surface area (Å²) in [6.45, 7) is 0. The van der Waals surface area contributed by atoms with Gasteiger partial charge in [-0.05, 0) is 25.0 Å². The second kappa shape index (κ2) is 3.27. The quantitative estimate of drug-likeness (QED) is 0.830. The molecule has 1 aliphatic heterocycles. The smallest absolute Gasteiger partial charge is 0.356 e. The molecule has 2 aliphatic rings. The molecule has 1 aromatic rings. The fourth-order valence-electron chi connectivity index (χ4n) is 2.06. The number of carboxylic acids is 1. The molecule has 0 radical (unpaired) electrons. The number of hydrogen-bond acceptors (Lipinski definition) is 3. The summed E-state index contributed by atoms with van der Waals surface area (Å²) in [5.74, 6) is 1.02. The van der Waals surface area contributed by atoms with Gasteiger partial charge < -0.3 is 5.11 Å². The van der Waals surface area contributed by atoms with Gasteiger partial charge in [-0.25, -0.2) is 4.79 Å². The average Bonchev–Trinajstić information content (AvgIpc) is 2.99. The highest BCUT2D eigenvalue weighted by molar-refractivity contribution is 7.98. The van der Waals surface area contributed by atoms with Crippen molar-refractivity contribution in [2.45, 2.75) is 31.1 Å². The number of carbonyl (C=O) groups is 1. The predicted octanol–water partition coefficient (Wildman–Crippen LogP) is 1.71. The first-order valence-corrected chi connectivity index (χ1v) is 6.34. The number of hydrogen-bond donors (Lipinski definition) is 1. The van der Waals surface area contributed by atoms with E-state index in [0.29, 0.717) is 6.04 Å². The first-order chi connectivity index (χ1) is 7.27. The standard InChI is InChI=1S/C10H12N2O2S/c13-10(14)9-7-5-15-4-3-8(7)12(11-9)6-1-2-6/h6H,1-5H2,(H,13,14). The summed E-state index contributed by atoms with van der Waals surface area (Å²) in [5.41, 5.74) is 2.42. The van der Waals surface area contributed by atoms with E-state index in [1.54, 1.807) is 11.8 Å². The first kappa shape index (κ1) is 9.27. The van der Waals surface area contributed by atoms with Crippen molar-refractivity contribution in [3.63, 3.8) is 0 Å². The van der Waals surface area contributed by atoms with Crippen LogP contribution in [0.1, 0.15) is 40.6 Å². The van der Waals surface area contributed by atoms with E-state index in [2.05, 4.69) is 5.10 Å². The minimum Gasteiger partial charge on any atom is -0.476 e. The molecule has 1 saturated carbocycles. The third kappa shape index (κ3) is 1.45. The van der Waals surface area contributed by atoms with Crippen molar-refractivity contribution in [2.24, 2.45) is 0 Å². The van der Waals surface area contributed by atoms with Crippen LogP contribution < -0.4 is 0 Å². The van der Waals surface area contributed by atoms with Crippen molar-refractivity contribution >= 4 is 17.7 Å².